The Bertz CT molecular complexity index is 2320. The molecule has 0 aliphatic carbocycles. The Morgan fingerprint density at radius 1 is 0.559 bits per heavy atom. The van der Waals surface area contributed by atoms with Crippen molar-refractivity contribution >= 4 is 70.6 Å². The molecule has 2 aliphatic heterocycles. The highest BCUT2D eigenvalue weighted by Crippen LogP contribution is 2.20. The normalized spacial score (nSPS) is 18.2. The summed E-state index contributed by atoms with van der Waals surface area (Å²) >= 11 is 0. The van der Waals surface area contributed by atoms with Crippen LogP contribution < -0.4 is 18.9 Å². The van der Waals surface area contributed by atoms with Gasteiger partial charge in [-0.3, -0.25) is 24.0 Å². The van der Waals surface area contributed by atoms with Gasteiger partial charge in [-0.2, -0.15) is 65.1 Å². The lowest BCUT2D eigenvalue weighted by molar-refractivity contribution is -0.145. The van der Waals surface area contributed by atoms with Crippen molar-refractivity contribution in [3.05, 3.63) is 60.2 Å². The molecule has 4 N–H and O–H groups in total. The van der Waals surface area contributed by atoms with Crippen molar-refractivity contribution in [1.82, 2.24) is 36.1 Å². The lowest BCUT2D eigenvalue weighted by Crippen LogP contribution is -2.51. The van der Waals surface area contributed by atoms with E-state index in [1.807, 2.05) is 35.1 Å². The van der Waals surface area contributed by atoms with E-state index in [4.69, 9.17) is 0 Å². The second kappa shape index (κ2) is 29.6. The number of methoxy groups -OCH3 is 4. The molecule has 4 atom stereocenters. The number of carbonyl (C=O) groups is 5. The number of hydrogen-bond donors (Lipinski definition) is 4. The molecule has 0 saturated carbocycles. The standard InChI is InChI=1S/C15H20N2O4S.C11H20N2O4S.C7H16N2O4S.C6H12N2O5S/c1-13(15(18)21-2)17-11-7-6-10-16(22(17,19)20)12-14-8-4-3-5-9-14;1-9(2)12-7-5-6-8-13(18(12,15)16)10(3)11(14)17-4;1-5(2)8-14(11,12)9-6(3)7(10)13-4;1-4(6(10)13-3)7-14(11,12)8-5(2)9/h3-9,13H,10-12H2,1-2H3;5-6,9-10H,7-8H2,1-4H3;5-6,8-9H,1-4H3;4,7H,1-3H3,(H,8,9). The highest BCUT2D eigenvalue weighted by Gasteiger charge is 2.39. The number of carbonyl (C=O) groups excluding carboxylic acids is 5. The summed E-state index contributed by atoms with van der Waals surface area (Å²) in [5.41, 5.74) is 0.895. The van der Waals surface area contributed by atoms with Gasteiger partial charge in [0.15, 0.2) is 0 Å². The second-order valence-corrected chi connectivity index (χ2v) is 21.7. The molecule has 2 heterocycles. The Kier molecular flexibility index (Phi) is 27.6. The summed E-state index contributed by atoms with van der Waals surface area (Å²) in [6.07, 6.45) is 7.09. The molecule has 68 heavy (non-hydrogen) atoms. The molecule has 3 rings (SSSR count). The molecule has 1 aromatic rings. The lowest BCUT2D eigenvalue weighted by atomic mass is 10.2. The Morgan fingerprint density at radius 3 is 1.32 bits per heavy atom. The minimum atomic E-state index is -3.99. The minimum Gasteiger partial charge on any atom is -0.468 e. The molecule has 29 heteroatoms. The molecule has 4 unspecified atom stereocenters. The van der Waals surface area contributed by atoms with Crippen LogP contribution in [-0.2, 0) is 90.3 Å². The summed E-state index contributed by atoms with van der Waals surface area (Å²) in [6, 6.07) is 5.34. The monoisotopic (exact) mass is 1050 g/mol. The molecule has 25 nitrogen and oxygen atoms in total. The van der Waals surface area contributed by atoms with E-state index in [1.165, 1.54) is 57.6 Å². The molecular formula is C39H68N8O17S4. The predicted octanol–water partition coefficient (Wildman–Crippen LogP) is -0.560. The fourth-order valence-electron chi connectivity index (χ4n) is 5.57. The van der Waals surface area contributed by atoms with Crippen LogP contribution in [0.1, 0.15) is 67.9 Å². The van der Waals surface area contributed by atoms with Gasteiger partial charge in [-0.1, -0.05) is 54.6 Å². The summed E-state index contributed by atoms with van der Waals surface area (Å²) in [4.78, 5) is 55.4. The van der Waals surface area contributed by atoms with Gasteiger partial charge in [0.25, 0.3) is 30.6 Å². The van der Waals surface area contributed by atoms with E-state index in [9.17, 15) is 57.6 Å². The number of benzene rings is 1. The predicted molar refractivity (Wildman–Crippen MR) is 250 cm³/mol. The summed E-state index contributed by atoms with van der Waals surface area (Å²) in [6.45, 7) is 15.0. The summed E-state index contributed by atoms with van der Waals surface area (Å²) in [5, 5.41) is 0. The average molecular weight is 1050 g/mol. The first kappa shape index (κ1) is 63.6. The van der Waals surface area contributed by atoms with Gasteiger partial charge < -0.3 is 18.9 Å². The van der Waals surface area contributed by atoms with Crippen LogP contribution in [0, 0.1) is 0 Å². The maximum Gasteiger partial charge on any atom is 0.323 e. The minimum absolute atomic E-state index is 0.157. The third-order valence-electron chi connectivity index (χ3n) is 8.88. The summed E-state index contributed by atoms with van der Waals surface area (Å²) < 4.78 is 126. The van der Waals surface area contributed by atoms with E-state index in [1.54, 1.807) is 56.7 Å². The smallest absolute Gasteiger partial charge is 0.323 e. The average Bonchev–Trinajstić information content (AvgIpc) is 3.50. The van der Waals surface area contributed by atoms with E-state index < -0.39 is 94.8 Å². The number of hydrogen-bond acceptors (Lipinski definition) is 17. The van der Waals surface area contributed by atoms with E-state index in [2.05, 4.69) is 28.4 Å². The van der Waals surface area contributed by atoms with Crippen molar-refractivity contribution in [2.75, 3.05) is 54.6 Å². The number of amides is 1. The summed E-state index contributed by atoms with van der Waals surface area (Å²) in [5.74, 6) is -3.23. The number of esters is 4. The Balaban J connectivity index is 0.000000899. The molecule has 1 amide bonds. The van der Waals surface area contributed by atoms with Gasteiger partial charge in [0, 0.05) is 51.7 Å². The van der Waals surface area contributed by atoms with E-state index in [0.29, 0.717) is 6.54 Å². The summed E-state index contributed by atoms with van der Waals surface area (Å²) in [7, 11) is -10.2. The Hall–Kier alpha value is -4.43. The third kappa shape index (κ3) is 21.9. The van der Waals surface area contributed by atoms with Crippen LogP contribution in [0.3, 0.4) is 0 Å². The molecule has 0 aromatic heterocycles. The van der Waals surface area contributed by atoms with Gasteiger partial charge in [0.1, 0.15) is 24.2 Å². The Morgan fingerprint density at radius 2 is 0.941 bits per heavy atom. The maximum atomic E-state index is 12.8. The number of nitrogens with one attached hydrogen (secondary N) is 4. The van der Waals surface area contributed by atoms with Crippen LogP contribution in [0.25, 0.3) is 0 Å². The van der Waals surface area contributed by atoms with E-state index in [0.717, 1.165) is 28.2 Å². The number of rotatable bonds is 16. The zero-order chi connectivity index (χ0) is 52.8. The van der Waals surface area contributed by atoms with Crippen LogP contribution in [0.4, 0.5) is 0 Å². The van der Waals surface area contributed by atoms with Crippen molar-refractivity contribution in [2.45, 2.75) is 105 Å². The number of nitrogens with zero attached hydrogens (tertiary/aromatic N) is 4. The molecular weight excluding hydrogens is 981 g/mol. The maximum absolute atomic E-state index is 12.8. The quantitative estimate of drug-likeness (QED) is 0.0916. The van der Waals surface area contributed by atoms with E-state index >= 15 is 0 Å². The van der Waals surface area contributed by atoms with Crippen LogP contribution in [0.2, 0.25) is 0 Å². The van der Waals surface area contributed by atoms with Crippen molar-refractivity contribution in [2.24, 2.45) is 0 Å². The highest BCUT2D eigenvalue weighted by atomic mass is 32.2. The van der Waals surface area contributed by atoms with Crippen LogP contribution in [0.15, 0.2) is 54.6 Å². The molecule has 0 bridgehead atoms. The van der Waals surface area contributed by atoms with Gasteiger partial charge in [-0.25, -0.2) is 4.72 Å². The highest BCUT2D eigenvalue weighted by molar-refractivity contribution is 7.88. The van der Waals surface area contributed by atoms with Gasteiger partial charge in [0.05, 0.1) is 28.4 Å². The molecule has 0 spiro atoms. The topological polar surface area (TPSA) is 320 Å². The molecule has 390 valence electrons. The van der Waals surface area contributed by atoms with Crippen LogP contribution in [-0.4, -0.2) is 172 Å². The molecule has 0 radical (unpaired) electrons. The molecule has 0 fully saturated rings. The van der Waals surface area contributed by atoms with Crippen LogP contribution >= 0.6 is 0 Å². The van der Waals surface area contributed by atoms with Crippen molar-refractivity contribution in [3.63, 3.8) is 0 Å². The number of ether oxygens (including phenoxy) is 4. The van der Waals surface area contributed by atoms with E-state index in [-0.39, 0.29) is 38.3 Å². The first-order valence-electron chi connectivity index (χ1n) is 20.7. The zero-order valence-electron chi connectivity index (χ0n) is 40.6. The zero-order valence-corrected chi connectivity index (χ0v) is 43.8. The Labute approximate surface area is 401 Å². The van der Waals surface area contributed by atoms with Gasteiger partial charge in [-0.15, -0.1) is 0 Å². The van der Waals surface area contributed by atoms with Crippen molar-refractivity contribution in [1.29, 1.82) is 0 Å². The molecule has 2 aliphatic rings. The van der Waals surface area contributed by atoms with Gasteiger partial charge in [-0.05, 0) is 61.0 Å². The second-order valence-electron chi connectivity index (χ2n) is 15.1. The van der Waals surface area contributed by atoms with Crippen LogP contribution in [0.5, 0.6) is 0 Å². The first-order chi connectivity index (χ1) is 31.3. The lowest BCUT2D eigenvalue weighted by Gasteiger charge is -2.31. The van der Waals surface area contributed by atoms with Crippen molar-refractivity contribution < 1.29 is 76.6 Å². The fraction of sp³-hybridized carbons (Fsp3) is 0.615. The molecule has 0 saturated heterocycles. The first-order valence-corrected chi connectivity index (χ1v) is 26.4. The SMILES string of the molecule is COC(=O)C(C)N1CC=CCN(C(C)C)S1(=O)=O.COC(=O)C(C)N1CC=CCN(Cc2ccccc2)S1(=O)=O.COC(=O)C(C)NS(=O)(=O)NC(C)=O.COC(=O)C(C)NS(=O)(=O)NC(C)C. The largest absolute Gasteiger partial charge is 0.468 e. The van der Waals surface area contributed by atoms with Gasteiger partial charge >= 0.3 is 34.1 Å². The third-order valence-corrected chi connectivity index (χ3v) is 15.8. The van der Waals surface area contributed by atoms with Crippen molar-refractivity contribution in [3.8, 4) is 0 Å². The molecule has 1 aromatic carbocycles. The van der Waals surface area contributed by atoms with Gasteiger partial charge in [0.2, 0.25) is 5.91 Å². The fourth-order valence-corrected chi connectivity index (χ4v) is 11.3.